The fraction of sp³-hybridized carbons (Fsp3) is 0.250. The van der Waals surface area contributed by atoms with Crippen molar-refractivity contribution in [2.24, 2.45) is 0 Å². The number of imidazole rings is 1. The van der Waals surface area contributed by atoms with Crippen molar-refractivity contribution < 1.29 is 4.92 Å². The Morgan fingerprint density at radius 1 is 1.44 bits per heavy atom. The molecule has 18 heavy (non-hydrogen) atoms. The third-order valence-electron chi connectivity index (χ3n) is 2.90. The van der Waals surface area contributed by atoms with Gasteiger partial charge >= 0.3 is 0 Å². The highest BCUT2D eigenvalue weighted by molar-refractivity contribution is 9.08. The zero-order valence-electron chi connectivity index (χ0n) is 10.1. The van der Waals surface area contributed by atoms with E-state index in [1.54, 1.807) is 23.0 Å². The van der Waals surface area contributed by atoms with Gasteiger partial charge in [0.2, 0.25) is 0 Å². The molecular weight excluding hydrogens is 298 g/mol. The van der Waals surface area contributed by atoms with Crippen molar-refractivity contribution in [3.05, 3.63) is 51.6 Å². The topological polar surface area (TPSA) is 61.0 Å². The molecule has 0 radical (unpaired) electrons. The van der Waals surface area contributed by atoms with Crippen LogP contribution in [-0.2, 0) is 5.33 Å². The first-order valence-electron chi connectivity index (χ1n) is 5.38. The van der Waals surface area contributed by atoms with E-state index in [9.17, 15) is 10.1 Å². The summed E-state index contributed by atoms with van der Waals surface area (Å²) < 4.78 is 1.74. The van der Waals surface area contributed by atoms with Crippen molar-refractivity contribution in [3.8, 4) is 5.69 Å². The van der Waals surface area contributed by atoms with Crippen molar-refractivity contribution in [2.75, 3.05) is 0 Å². The fourth-order valence-corrected chi connectivity index (χ4v) is 2.09. The number of nitrogens with zero attached hydrogens (tertiary/aromatic N) is 3. The summed E-state index contributed by atoms with van der Waals surface area (Å²) in [6.45, 7) is 3.77. The molecule has 0 bridgehead atoms. The Morgan fingerprint density at radius 3 is 2.67 bits per heavy atom. The second-order valence-electron chi connectivity index (χ2n) is 4.00. The molecular formula is C12H12BrN3O2. The molecule has 5 nitrogen and oxygen atoms in total. The Balaban J connectivity index is 2.64. The summed E-state index contributed by atoms with van der Waals surface area (Å²) in [6, 6.07) is 5.20. The largest absolute Gasteiger partial charge is 0.297 e. The van der Waals surface area contributed by atoms with E-state index >= 15 is 0 Å². The number of rotatable bonds is 3. The maximum Gasteiger partial charge on any atom is 0.293 e. The van der Waals surface area contributed by atoms with Gasteiger partial charge in [0.15, 0.2) is 0 Å². The van der Waals surface area contributed by atoms with E-state index in [4.69, 9.17) is 0 Å². The number of aryl methyl sites for hydroxylation is 1. The van der Waals surface area contributed by atoms with Crippen LogP contribution in [0.5, 0.6) is 0 Å². The summed E-state index contributed by atoms with van der Waals surface area (Å²) in [7, 11) is 0. The van der Waals surface area contributed by atoms with E-state index in [1.807, 2.05) is 19.9 Å². The summed E-state index contributed by atoms with van der Waals surface area (Å²) in [6.07, 6.45) is 1.61. The molecule has 2 aromatic rings. The van der Waals surface area contributed by atoms with Gasteiger partial charge in [0.1, 0.15) is 5.69 Å². The molecule has 94 valence electrons. The molecule has 0 saturated heterocycles. The summed E-state index contributed by atoms with van der Waals surface area (Å²) in [5.74, 6) is 0. The molecule has 0 spiro atoms. The van der Waals surface area contributed by atoms with Gasteiger partial charge in [-0.2, -0.15) is 0 Å². The van der Waals surface area contributed by atoms with Gasteiger partial charge < -0.3 is 0 Å². The first-order chi connectivity index (χ1) is 8.54. The summed E-state index contributed by atoms with van der Waals surface area (Å²) >= 11 is 3.30. The van der Waals surface area contributed by atoms with E-state index in [2.05, 4.69) is 20.9 Å². The molecule has 1 aromatic carbocycles. The number of hydrogen-bond donors (Lipinski definition) is 0. The van der Waals surface area contributed by atoms with Crippen LogP contribution in [0.4, 0.5) is 5.69 Å². The van der Waals surface area contributed by atoms with E-state index < -0.39 is 0 Å². The number of benzene rings is 1. The van der Waals surface area contributed by atoms with Crippen LogP contribution in [0.25, 0.3) is 5.69 Å². The van der Waals surface area contributed by atoms with Crippen LogP contribution >= 0.6 is 15.9 Å². The van der Waals surface area contributed by atoms with Gasteiger partial charge in [0, 0.05) is 17.1 Å². The molecule has 0 aliphatic carbocycles. The van der Waals surface area contributed by atoms with Crippen molar-refractivity contribution in [2.45, 2.75) is 19.2 Å². The predicted molar refractivity (Wildman–Crippen MR) is 72.3 cm³/mol. The van der Waals surface area contributed by atoms with Crippen LogP contribution in [0.3, 0.4) is 0 Å². The zero-order valence-corrected chi connectivity index (χ0v) is 11.6. The van der Waals surface area contributed by atoms with E-state index in [-0.39, 0.29) is 10.6 Å². The predicted octanol–water partition coefficient (Wildman–Crippen LogP) is 3.29. The Hall–Kier alpha value is -1.69. The van der Waals surface area contributed by atoms with Gasteiger partial charge in [-0.25, -0.2) is 4.98 Å². The van der Waals surface area contributed by atoms with Gasteiger partial charge in [0.25, 0.3) is 5.69 Å². The lowest BCUT2D eigenvalue weighted by atomic mass is 10.2. The number of nitro benzene ring substituents is 1. The van der Waals surface area contributed by atoms with E-state index in [0.29, 0.717) is 11.0 Å². The highest BCUT2D eigenvalue weighted by atomic mass is 79.9. The molecule has 6 heteroatoms. The lowest BCUT2D eigenvalue weighted by Gasteiger charge is -2.07. The summed E-state index contributed by atoms with van der Waals surface area (Å²) in [5.41, 5.74) is 3.29. The first kappa shape index (κ1) is 12.8. The van der Waals surface area contributed by atoms with Crippen LogP contribution in [0.15, 0.2) is 24.5 Å². The standard InChI is InChI=1S/C12H12BrN3O2/c1-8-9(2)15(7-14-8)11-4-3-10(6-13)5-12(11)16(17)18/h3-5,7H,6H2,1-2H3. The summed E-state index contributed by atoms with van der Waals surface area (Å²) in [5, 5.41) is 11.7. The molecule has 1 aromatic heterocycles. The molecule has 0 atom stereocenters. The zero-order chi connectivity index (χ0) is 13.3. The SMILES string of the molecule is Cc1ncn(-c2ccc(CBr)cc2[N+](=O)[O-])c1C. The molecule has 0 saturated carbocycles. The van der Waals surface area contributed by atoms with Gasteiger partial charge in [-0.3, -0.25) is 14.7 Å². The molecule has 0 amide bonds. The fourth-order valence-electron chi connectivity index (χ4n) is 1.74. The molecule has 0 aliphatic heterocycles. The number of halogens is 1. The monoisotopic (exact) mass is 309 g/mol. The van der Waals surface area contributed by atoms with Crippen LogP contribution in [-0.4, -0.2) is 14.5 Å². The van der Waals surface area contributed by atoms with Crippen LogP contribution in [0, 0.1) is 24.0 Å². The minimum Gasteiger partial charge on any atom is -0.297 e. The second kappa shape index (κ2) is 4.89. The number of nitro groups is 1. The second-order valence-corrected chi connectivity index (χ2v) is 4.56. The number of alkyl halides is 1. The van der Waals surface area contributed by atoms with Crippen LogP contribution in [0.2, 0.25) is 0 Å². The van der Waals surface area contributed by atoms with E-state index in [1.165, 1.54) is 0 Å². The van der Waals surface area contributed by atoms with Gasteiger partial charge in [-0.05, 0) is 25.5 Å². The highest BCUT2D eigenvalue weighted by Gasteiger charge is 2.17. The van der Waals surface area contributed by atoms with Crippen LogP contribution < -0.4 is 0 Å². The van der Waals surface area contributed by atoms with Crippen LogP contribution in [0.1, 0.15) is 17.0 Å². The van der Waals surface area contributed by atoms with Gasteiger partial charge in [0.05, 0.1) is 16.9 Å². The van der Waals surface area contributed by atoms with Gasteiger partial charge in [-0.1, -0.05) is 22.0 Å². The maximum absolute atomic E-state index is 11.1. The third kappa shape index (κ3) is 2.15. The van der Waals surface area contributed by atoms with E-state index in [0.717, 1.165) is 17.0 Å². The van der Waals surface area contributed by atoms with Crippen molar-refractivity contribution in [1.29, 1.82) is 0 Å². The molecule has 1 heterocycles. The van der Waals surface area contributed by atoms with Crippen molar-refractivity contribution >= 4 is 21.6 Å². The molecule has 0 N–H and O–H groups in total. The minimum atomic E-state index is -0.365. The maximum atomic E-state index is 11.1. The van der Waals surface area contributed by atoms with Gasteiger partial charge in [-0.15, -0.1) is 0 Å². The normalized spacial score (nSPS) is 10.6. The number of aromatic nitrogens is 2. The Labute approximate surface area is 113 Å². The number of hydrogen-bond acceptors (Lipinski definition) is 3. The third-order valence-corrected chi connectivity index (χ3v) is 3.55. The average Bonchev–Trinajstić information content (AvgIpc) is 2.69. The molecule has 0 fully saturated rings. The van der Waals surface area contributed by atoms with Crippen molar-refractivity contribution in [1.82, 2.24) is 9.55 Å². The summed E-state index contributed by atoms with van der Waals surface area (Å²) in [4.78, 5) is 14.9. The molecule has 2 rings (SSSR count). The first-order valence-corrected chi connectivity index (χ1v) is 6.51. The molecule has 0 unspecified atom stereocenters. The lowest BCUT2D eigenvalue weighted by molar-refractivity contribution is -0.384. The smallest absolute Gasteiger partial charge is 0.293 e. The Kier molecular flexibility index (Phi) is 3.47. The minimum absolute atomic E-state index is 0.0902. The lowest BCUT2D eigenvalue weighted by Crippen LogP contribution is -2.01. The highest BCUT2D eigenvalue weighted by Crippen LogP contribution is 2.26. The Bertz CT molecular complexity index is 607. The van der Waals surface area contributed by atoms with Crippen molar-refractivity contribution in [3.63, 3.8) is 0 Å². The average molecular weight is 310 g/mol. The Morgan fingerprint density at radius 2 is 2.17 bits per heavy atom. The quantitative estimate of drug-likeness (QED) is 0.496. The molecule has 0 aliphatic rings.